The molecule has 0 radical (unpaired) electrons. The number of ether oxygens (including phenoxy) is 2. The number of methoxy groups -OCH3 is 1. The van der Waals surface area contributed by atoms with Crippen molar-refractivity contribution < 1.29 is 14.3 Å². The number of nitrogens with zero attached hydrogens (tertiary/aromatic N) is 4. The molecule has 188 valence electrons. The van der Waals surface area contributed by atoms with Gasteiger partial charge in [-0.25, -0.2) is 4.98 Å². The molecule has 2 aromatic heterocycles. The van der Waals surface area contributed by atoms with Crippen molar-refractivity contribution in [2.24, 2.45) is 0 Å². The Morgan fingerprint density at radius 2 is 1.87 bits per heavy atom. The van der Waals surface area contributed by atoms with Crippen LogP contribution in [0.2, 0.25) is 0 Å². The topological polar surface area (TPSA) is 89.5 Å². The van der Waals surface area contributed by atoms with Gasteiger partial charge in [0.1, 0.15) is 17.9 Å². The first-order chi connectivity index (χ1) is 18.7. The van der Waals surface area contributed by atoms with E-state index in [1.54, 1.807) is 19.5 Å². The van der Waals surface area contributed by atoms with Gasteiger partial charge in [-0.15, -0.1) is 0 Å². The molecule has 8 heteroatoms. The van der Waals surface area contributed by atoms with Crippen molar-refractivity contribution in [3.8, 4) is 11.6 Å². The molecule has 0 spiro atoms. The molecule has 1 N–H and O–H groups in total. The highest BCUT2D eigenvalue weighted by atomic mass is 16.5. The van der Waals surface area contributed by atoms with E-state index in [9.17, 15) is 4.79 Å². The summed E-state index contributed by atoms with van der Waals surface area (Å²) in [5.74, 6) is 1.12. The molecular weight excluding hydrogens is 478 g/mol. The van der Waals surface area contributed by atoms with Crippen LogP contribution in [-0.2, 0) is 13.0 Å². The van der Waals surface area contributed by atoms with E-state index in [2.05, 4.69) is 32.3 Å². The van der Waals surface area contributed by atoms with E-state index in [4.69, 9.17) is 14.5 Å². The van der Waals surface area contributed by atoms with Crippen LogP contribution in [0.3, 0.4) is 0 Å². The lowest BCUT2D eigenvalue weighted by Crippen LogP contribution is -2.20. The Balaban J connectivity index is 1.33. The predicted molar refractivity (Wildman–Crippen MR) is 146 cm³/mol. The van der Waals surface area contributed by atoms with Gasteiger partial charge in [0, 0.05) is 47.3 Å². The summed E-state index contributed by atoms with van der Waals surface area (Å²) in [6.07, 6.45) is 5.90. The molecule has 1 aliphatic heterocycles. The van der Waals surface area contributed by atoms with Crippen LogP contribution in [0.15, 0.2) is 91.4 Å². The Bertz CT molecular complexity index is 1620. The van der Waals surface area contributed by atoms with Crippen LogP contribution < -0.4 is 19.7 Å². The molecule has 3 aromatic carbocycles. The maximum Gasteiger partial charge on any atom is 0.262 e. The monoisotopic (exact) mass is 503 g/mol. The van der Waals surface area contributed by atoms with Crippen LogP contribution in [0.5, 0.6) is 11.6 Å². The third kappa shape index (κ3) is 4.59. The number of benzene rings is 3. The molecule has 0 aliphatic carbocycles. The van der Waals surface area contributed by atoms with E-state index in [1.165, 1.54) is 11.8 Å². The van der Waals surface area contributed by atoms with Crippen molar-refractivity contribution in [3.63, 3.8) is 0 Å². The molecule has 6 rings (SSSR count). The van der Waals surface area contributed by atoms with Crippen molar-refractivity contribution in [3.05, 3.63) is 108 Å². The lowest BCUT2D eigenvalue weighted by Gasteiger charge is -2.19. The Labute approximate surface area is 219 Å². The Kier molecular flexibility index (Phi) is 6.27. The molecule has 0 unspecified atom stereocenters. The number of aromatic nitrogens is 3. The first-order valence-electron chi connectivity index (χ1n) is 12.3. The standard InChI is InChI=1S/C30H25N5O3/c1-37-23-11-9-20(10-12-23)19-38-29-25(28(36)33-26-7-4-6-22-17-31-15-13-24(22)26)18-32-30(34-29)35-16-14-21-5-2-3-8-27(21)35/h2-13,15,17-18H,14,16,19H2,1H3,(H,33,36). The van der Waals surface area contributed by atoms with Crippen LogP contribution in [0.1, 0.15) is 21.5 Å². The van der Waals surface area contributed by atoms with Gasteiger partial charge in [-0.3, -0.25) is 9.78 Å². The molecule has 1 aliphatic rings. The summed E-state index contributed by atoms with van der Waals surface area (Å²) in [5.41, 5.74) is 4.15. The number of fused-ring (bicyclic) bond motifs is 2. The van der Waals surface area contributed by atoms with Crippen LogP contribution in [-0.4, -0.2) is 34.5 Å². The van der Waals surface area contributed by atoms with E-state index in [-0.39, 0.29) is 24.0 Å². The molecular formula is C30H25N5O3. The van der Waals surface area contributed by atoms with E-state index >= 15 is 0 Å². The molecule has 0 fully saturated rings. The summed E-state index contributed by atoms with van der Waals surface area (Å²) in [7, 11) is 1.63. The van der Waals surface area contributed by atoms with E-state index in [0.29, 0.717) is 11.6 Å². The summed E-state index contributed by atoms with van der Waals surface area (Å²) in [6, 6.07) is 23.3. The molecule has 0 atom stereocenters. The van der Waals surface area contributed by atoms with Crippen molar-refractivity contribution in [2.75, 3.05) is 23.9 Å². The Hall–Kier alpha value is -4.98. The van der Waals surface area contributed by atoms with Gasteiger partial charge in [-0.1, -0.05) is 42.5 Å². The van der Waals surface area contributed by atoms with Crippen molar-refractivity contribution in [1.29, 1.82) is 0 Å². The highest BCUT2D eigenvalue weighted by Crippen LogP contribution is 2.34. The number of carbonyl (C=O) groups is 1. The number of rotatable bonds is 7. The normalized spacial score (nSPS) is 12.3. The van der Waals surface area contributed by atoms with Crippen LogP contribution >= 0.6 is 0 Å². The number of nitrogens with one attached hydrogen (secondary N) is 1. The second-order valence-electron chi connectivity index (χ2n) is 8.91. The van der Waals surface area contributed by atoms with Crippen molar-refractivity contribution in [1.82, 2.24) is 15.0 Å². The first kappa shape index (κ1) is 23.4. The first-order valence-corrected chi connectivity index (χ1v) is 12.3. The SMILES string of the molecule is COc1ccc(COc2nc(N3CCc4ccccc43)ncc2C(=O)Nc2cccc3cnccc23)cc1. The van der Waals surface area contributed by atoms with Crippen LogP contribution in [0, 0.1) is 0 Å². The van der Waals surface area contributed by atoms with Crippen molar-refractivity contribution >= 4 is 34.0 Å². The van der Waals surface area contributed by atoms with Gasteiger partial charge < -0.3 is 19.7 Å². The number of anilines is 3. The van der Waals surface area contributed by atoms with Gasteiger partial charge in [0.05, 0.1) is 7.11 Å². The number of pyridine rings is 1. The van der Waals surface area contributed by atoms with E-state index < -0.39 is 0 Å². The van der Waals surface area contributed by atoms with Gasteiger partial charge in [-0.2, -0.15) is 4.98 Å². The second-order valence-corrected chi connectivity index (χ2v) is 8.91. The number of amides is 1. The summed E-state index contributed by atoms with van der Waals surface area (Å²) in [4.78, 5) is 29.0. The third-order valence-electron chi connectivity index (χ3n) is 6.58. The average Bonchev–Trinajstić information content (AvgIpc) is 3.41. The van der Waals surface area contributed by atoms with E-state index in [0.717, 1.165) is 40.7 Å². The zero-order valence-electron chi connectivity index (χ0n) is 20.8. The van der Waals surface area contributed by atoms with Crippen molar-refractivity contribution in [2.45, 2.75) is 13.0 Å². The zero-order chi connectivity index (χ0) is 25.9. The third-order valence-corrected chi connectivity index (χ3v) is 6.58. The fourth-order valence-corrected chi connectivity index (χ4v) is 4.59. The molecule has 1 amide bonds. The smallest absolute Gasteiger partial charge is 0.262 e. The fraction of sp³-hybridized carbons (Fsp3) is 0.133. The Morgan fingerprint density at radius 1 is 1.00 bits per heavy atom. The number of carbonyl (C=O) groups excluding carboxylic acids is 1. The van der Waals surface area contributed by atoms with Gasteiger partial charge in [-0.05, 0) is 47.9 Å². The molecule has 0 bridgehead atoms. The van der Waals surface area contributed by atoms with Gasteiger partial charge >= 0.3 is 0 Å². The minimum Gasteiger partial charge on any atom is -0.497 e. The lowest BCUT2D eigenvalue weighted by molar-refractivity contribution is 0.102. The molecule has 8 nitrogen and oxygen atoms in total. The molecule has 0 saturated heterocycles. The zero-order valence-corrected chi connectivity index (χ0v) is 20.8. The van der Waals surface area contributed by atoms with Crippen LogP contribution in [0.4, 0.5) is 17.3 Å². The van der Waals surface area contributed by atoms with E-state index in [1.807, 2.05) is 60.7 Å². The second kappa shape index (κ2) is 10.2. The molecule has 0 saturated carbocycles. The predicted octanol–water partition coefficient (Wildman–Crippen LogP) is 5.56. The minimum absolute atomic E-state index is 0.217. The molecule has 5 aromatic rings. The summed E-state index contributed by atoms with van der Waals surface area (Å²) < 4.78 is 11.4. The number of para-hydroxylation sites is 1. The molecule has 38 heavy (non-hydrogen) atoms. The summed E-state index contributed by atoms with van der Waals surface area (Å²) in [5, 5.41) is 4.83. The van der Waals surface area contributed by atoms with Gasteiger partial charge in [0.2, 0.25) is 11.8 Å². The average molecular weight is 504 g/mol. The van der Waals surface area contributed by atoms with Crippen LogP contribution in [0.25, 0.3) is 10.8 Å². The van der Waals surface area contributed by atoms with Gasteiger partial charge in [0.15, 0.2) is 0 Å². The highest BCUT2D eigenvalue weighted by Gasteiger charge is 2.25. The minimum atomic E-state index is -0.354. The largest absolute Gasteiger partial charge is 0.497 e. The summed E-state index contributed by atoms with van der Waals surface area (Å²) >= 11 is 0. The highest BCUT2D eigenvalue weighted by molar-refractivity contribution is 6.10. The quantitative estimate of drug-likeness (QED) is 0.311. The number of hydrogen-bond donors (Lipinski definition) is 1. The number of hydrogen-bond acceptors (Lipinski definition) is 7. The lowest BCUT2D eigenvalue weighted by atomic mass is 10.1. The maximum absolute atomic E-state index is 13.5. The maximum atomic E-state index is 13.5. The fourth-order valence-electron chi connectivity index (χ4n) is 4.59. The molecule has 3 heterocycles. The van der Waals surface area contributed by atoms with Gasteiger partial charge in [0.25, 0.3) is 5.91 Å². The Morgan fingerprint density at radius 3 is 2.74 bits per heavy atom. The summed E-state index contributed by atoms with van der Waals surface area (Å²) in [6.45, 7) is 0.990.